The molecule has 0 amide bonds. The van der Waals surface area contributed by atoms with Crippen molar-refractivity contribution in [1.82, 2.24) is 0 Å². The minimum absolute atomic E-state index is 0.183. The van der Waals surface area contributed by atoms with E-state index in [0.29, 0.717) is 16.3 Å². The van der Waals surface area contributed by atoms with Gasteiger partial charge in [0.15, 0.2) is 0 Å². The van der Waals surface area contributed by atoms with Crippen molar-refractivity contribution >= 4 is 17.3 Å². The van der Waals surface area contributed by atoms with Gasteiger partial charge in [0.1, 0.15) is 12.4 Å². The van der Waals surface area contributed by atoms with Crippen LogP contribution in [-0.2, 0) is 0 Å². The Kier molecular flexibility index (Phi) is 3.32. The molecule has 0 saturated heterocycles. The van der Waals surface area contributed by atoms with E-state index in [1.54, 1.807) is 24.9 Å². The van der Waals surface area contributed by atoms with Gasteiger partial charge in [0.2, 0.25) is 0 Å². The summed E-state index contributed by atoms with van der Waals surface area (Å²) in [7, 11) is 1.69. The largest absolute Gasteiger partial charge is 0.360 e. The fraction of sp³-hybridized carbons (Fsp3) is 0.300. The Hall–Kier alpha value is -1.27. The molecule has 0 heterocycles. The Morgan fingerprint density at radius 2 is 2.21 bits per heavy atom. The maximum Gasteiger partial charge on any atom is 0.128 e. The number of halogens is 2. The van der Waals surface area contributed by atoms with Crippen molar-refractivity contribution < 1.29 is 4.39 Å². The van der Waals surface area contributed by atoms with Crippen molar-refractivity contribution in [1.29, 1.82) is 5.26 Å². The monoisotopic (exact) mass is 212 g/mol. The first-order valence-electron chi connectivity index (χ1n) is 4.10. The molecule has 74 valence electrons. The Morgan fingerprint density at radius 3 is 2.79 bits per heavy atom. The third-order valence-electron chi connectivity index (χ3n) is 1.95. The molecule has 0 aromatic heterocycles. The van der Waals surface area contributed by atoms with Gasteiger partial charge in [-0.2, -0.15) is 5.26 Å². The van der Waals surface area contributed by atoms with Crippen molar-refractivity contribution in [2.45, 2.75) is 6.92 Å². The maximum atomic E-state index is 13.2. The zero-order valence-corrected chi connectivity index (χ0v) is 8.77. The Labute approximate surface area is 87.5 Å². The lowest BCUT2D eigenvalue weighted by atomic mass is 10.2. The summed E-state index contributed by atoms with van der Waals surface area (Å²) < 4.78 is 13.2. The number of benzene rings is 1. The number of anilines is 1. The predicted octanol–water partition coefficient (Wildman–Crippen LogP) is 2.75. The lowest BCUT2D eigenvalue weighted by Gasteiger charge is -2.17. The molecular weight excluding hydrogens is 203 g/mol. The topological polar surface area (TPSA) is 27.0 Å². The SMILES string of the molecule is Cc1cc(Cl)c(N(C)CC#N)cc1F. The van der Waals surface area contributed by atoms with Crippen LogP contribution in [0.2, 0.25) is 5.02 Å². The predicted molar refractivity (Wildman–Crippen MR) is 55.0 cm³/mol. The zero-order valence-electron chi connectivity index (χ0n) is 8.01. The minimum atomic E-state index is -0.311. The van der Waals surface area contributed by atoms with Gasteiger partial charge in [0.05, 0.1) is 16.8 Å². The molecule has 1 aromatic rings. The number of nitrogens with zero attached hydrogens (tertiary/aromatic N) is 2. The van der Waals surface area contributed by atoms with E-state index in [1.165, 1.54) is 6.07 Å². The van der Waals surface area contributed by atoms with Crippen molar-refractivity contribution in [2.75, 3.05) is 18.5 Å². The molecule has 0 saturated carbocycles. The normalized spacial score (nSPS) is 9.64. The second-order valence-electron chi connectivity index (χ2n) is 3.07. The molecule has 0 aliphatic carbocycles. The first kappa shape index (κ1) is 10.8. The van der Waals surface area contributed by atoms with E-state index in [-0.39, 0.29) is 12.4 Å². The standard InChI is InChI=1S/C10H10ClFN2/c1-7-5-8(11)10(6-9(7)12)14(2)4-3-13/h5-6H,4H2,1-2H3. The van der Waals surface area contributed by atoms with Crippen LogP contribution in [0.4, 0.5) is 10.1 Å². The van der Waals surface area contributed by atoms with Crippen molar-refractivity contribution in [2.24, 2.45) is 0 Å². The van der Waals surface area contributed by atoms with Gasteiger partial charge in [-0.3, -0.25) is 0 Å². The van der Waals surface area contributed by atoms with E-state index in [2.05, 4.69) is 0 Å². The molecular formula is C10H10ClFN2. The molecule has 2 nitrogen and oxygen atoms in total. The van der Waals surface area contributed by atoms with Crippen LogP contribution in [0.25, 0.3) is 0 Å². The molecule has 1 rings (SSSR count). The Balaban J connectivity index is 3.10. The highest BCUT2D eigenvalue weighted by Crippen LogP contribution is 2.27. The van der Waals surface area contributed by atoms with Gasteiger partial charge in [-0.25, -0.2) is 4.39 Å². The summed E-state index contributed by atoms with van der Waals surface area (Å²) in [6.07, 6.45) is 0. The molecule has 14 heavy (non-hydrogen) atoms. The second-order valence-corrected chi connectivity index (χ2v) is 3.47. The van der Waals surface area contributed by atoms with Crippen LogP contribution in [-0.4, -0.2) is 13.6 Å². The van der Waals surface area contributed by atoms with E-state index in [0.717, 1.165) is 0 Å². The molecule has 0 radical (unpaired) electrons. The van der Waals surface area contributed by atoms with Crippen LogP contribution in [0.1, 0.15) is 5.56 Å². The zero-order chi connectivity index (χ0) is 10.7. The van der Waals surface area contributed by atoms with Gasteiger partial charge in [-0.1, -0.05) is 11.6 Å². The van der Waals surface area contributed by atoms with E-state index in [1.807, 2.05) is 6.07 Å². The maximum absolute atomic E-state index is 13.2. The van der Waals surface area contributed by atoms with Crippen molar-refractivity contribution in [3.05, 3.63) is 28.5 Å². The first-order valence-corrected chi connectivity index (χ1v) is 4.47. The molecule has 4 heteroatoms. The molecule has 0 N–H and O–H groups in total. The number of hydrogen-bond acceptors (Lipinski definition) is 2. The van der Waals surface area contributed by atoms with Crippen molar-refractivity contribution in [3.63, 3.8) is 0 Å². The molecule has 0 spiro atoms. The number of aryl methyl sites for hydroxylation is 1. The molecule has 0 bridgehead atoms. The van der Waals surface area contributed by atoms with Gasteiger partial charge in [0, 0.05) is 7.05 Å². The number of nitriles is 1. The van der Waals surface area contributed by atoms with E-state index < -0.39 is 0 Å². The number of rotatable bonds is 2. The van der Waals surface area contributed by atoms with Gasteiger partial charge in [0.25, 0.3) is 0 Å². The van der Waals surface area contributed by atoms with Gasteiger partial charge in [-0.15, -0.1) is 0 Å². The molecule has 0 fully saturated rings. The molecule has 0 aliphatic heterocycles. The van der Waals surface area contributed by atoms with E-state index in [4.69, 9.17) is 16.9 Å². The highest BCUT2D eigenvalue weighted by molar-refractivity contribution is 6.33. The summed E-state index contributed by atoms with van der Waals surface area (Å²) in [6.45, 7) is 1.83. The highest BCUT2D eigenvalue weighted by Gasteiger charge is 2.09. The number of hydrogen-bond donors (Lipinski definition) is 0. The molecule has 0 aliphatic rings. The summed E-state index contributed by atoms with van der Waals surface area (Å²) in [5.41, 5.74) is 1.04. The van der Waals surface area contributed by atoms with E-state index in [9.17, 15) is 4.39 Å². The summed E-state index contributed by atoms with van der Waals surface area (Å²) >= 11 is 5.91. The quantitative estimate of drug-likeness (QED) is 0.705. The summed E-state index contributed by atoms with van der Waals surface area (Å²) in [5.74, 6) is -0.311. The van der Waals surface area contributed by atoms with Crippen LogP contribution in [0, 0.1) is 24.1 Å². The lowest BCUT2D eigenvalue weighted by molar-refractivity contribution is 0.618. The Morgan fingerprint density at radius 1 is 1.57 bits per heavy atom. The Bertz CT molecular complexity index is 384. The summed E-state index contributed by atoms with van der Waals surface area (Å²) in [6, 6.07) is 4.87. The smallest absolute Gasteiger partial charge is 0.128 e. The minimum Gasteiger partial charge on any atom is -0.360 e. The third kappa shape index (κ3) is 2.15. The third-order valence-corrected chi connectivity index (χ3v) is 2.25. The summed E-state index contributed by atoms with van der Waals surface area (Å²) in [5, 5.41) is 8.94. The average molecular weight is 213 g/mol. The van der Waals surface area contributed by atoms with Gasteiger partial charge < -0.3 is 4.90 Å². The van der Waals surface area contributed by atoms with Crippen LogP contribution in [0.15, 0.2) is 12.1 Å². The van der Waals surface area contributed by atoms with Crippen LogP contribution < -0.4 is 4.90 Å². The fourth-order valence-corrected chi connectivity index (χ4v) is 1.48. The van der Waals surface area contributed by atoms with Crippen LogP contribution in [0.3, 0.4) is 0 Å². The highest BCUT2D eigenvalue weighted by atomic mass is 35.5. The molecule has 1 aromatic carbocycles. The van der Waals surface area contributed by atoms with Gasteiger partial charge >= 0.3 is 0 Å². The fourth-order valence-electron chi connectivity index (χ4n) is 1.12. The molecule has 0 unspecified atom stereocenters. The van der Waals surface area contributed by atoms with Gasteiger partial charge in [-0.05, 0) is 24.6 Å². The van der Waals surface area contributed by atoms with E-state index >= 15 is 0 Å². The second kappa shape index (κ2) is 4.30. The van der Waals surface area contributed by atoms with Crippen molar-refractivity contribution in [3.8, 4) is 6.07 Å². The first-order chi connectivity index (χ1) is 6.56. The summed E-state index contributed by atoms with van der Waals surface area (Å²) in [4.78, 5) is 1.60. The van der Waals surface area contributed by atoms with Crippen LogP contribution >= 0.6 is 11.6 Å². The average Bonchev–Trinajstić information content (AvgIpc) is 2.11. The molecule has 0 atom stereocenters. The van der Waals surface area contributed by atoms with Crippen LogP contribution in [0.5, 0.6) is 0 Å². The lowest BCUT2D eigenvalue weighted by Crippen LogP contribution is -2.17.